The number of aliphatic imine (C=N–C) groups is 1. The van der Waals surface area contributed by atoms with Crippen molar-refractivity contribution in [1.29, 1.82) is 0 Å². The topological polar surface area (TPSA) is 12.4 Å². The summed E-state index contributed by atoms with van der Waals surface area (Å²) in [4.78, 5) is 6.14. The first-order valence-electron chi connectivity index (χ1n) is 16.5. The lowest BCUT2D eigenvalue weighted by Crippen LogP contribution is -2.25. The van der Waals surface area contributed by atoms with E-state index < -0.39 is 0 Å². The van der Waals surface area contributed by atoms with Gasteiger partial charge in [0.2, 0.25) is 0 Å². The molecule has 0 amide bonds. The molecule has 1 aromatic heterocycles. The number of allylic oxidation sites excluding steroid dienone is 5. The van der Waals surface area contributed by atoms with Gasteiger partial charge in [-0.1, -0.05) is 104 Å². The van der Waals surface area contributed by atoms with Crippen LogP contribution in [-0.2, 0) is 10.8 Å². The number of nitrogens with zero attached hydrogens (tertiary/aromatic N) is 1. The maximum Gasteiger partial charge on any atom is 0.0634 e. The molecule has 0 saturated heterocycles. The van der Waals surface area contributed by atoms with Crippen molar-refractivity contribution < 1.29 is 0 Å². The van der Waals surface area contributed by atoms with Gasteiger partial charge in [0, 0.05) is 15.7 Å². The van der Waals surface area contributed by atoms with Gasteiger partial charge in [-0.15, -0.1) is 11.3 Å². The molecule has 2 heteroatoms. The minimum absolute atomic E-state index is 0.254. The third kappa shape index (κ3) is 4.38. The second-order valence-corrected chi connectivity index (χ2v) is 14.6. The molecule has 2 unspecified atom stereocenters. The zero-order valence-corrected chi connectivity index (χ0v) is 28.5. The molecule has 0 fully saturated rings. The van der Waals surface area contributed by atoms with E-state index in [-0.39, 0.29) is 10.8 Å². The van der Waals surface area contributed by atoms with Gasteiger partial charge < -0.3 is 0 Å². The normalized spacial score (nSPS) is 21.1. The van der Waals surface area contributed by atoms with Crippen LogP contribution >= 0.6 is 11.3 Å². The Bertz CT molecular complexity index is 2190. The number of benzene rings is 4. The molecule has 5 aromatic rings. The molecule has 0 aliphatic heterocycles. The van der Waals surface area contributed by atoms with Crippen molar-refractivity contribution in [3.05, 3.63) is 188 Å². The minimum atomic E-state index is -0.330. The minimum Gasteiger partial charge on any atom is -0.252 e. The predicted octanol–water partition coefficient (Wildman–Crippen LogP) is 11.9. The Kier molecular flexibility index (Phi) is 6.86. The molecule has 230 valence electrons. The van der Waals surface area contributed by atoms with E-state index in [1.165, 1.54) is 71.7 Å². The zero-order valence-electron chi connectivity index (χ0n) is 27.7. The van der Waals surface area contributed by atoms with Crippen LogP contribution in [0.3, 0.4) is 0 Å². The van der Waals surface area contributed by atoms with Gasteiger partial charge in [-0.2, -0.15) is 0 Å². The molecule has 47 heavy (non-hydrogen) atoms. The summed E-state index contributed by atoms with van der Waals surface area (Å²) in [6.45, 7) is 17.8. The van der Waals surface area contributed by atoms with Crippen molar-refractivity contribution in [2.45, 2.75) is 51.4 Å². The van der Waals surface area contributed by atoms with Gasteiger partial charge in [0.15, 0.2) is 0 Å². The third-order valence-electron chi connectivity index (χ3n) is 11.0. The molecule has 0 N–H and O–H groups in total. The van der Waals surface area contributed by atoms with E-state index in [9.17, 15) is 0 Å². The van der Waals surface area contributed by atoms with Crippen molar-refractivity contribution >= 4 is 28.3 Å². The van der Waals surface area contributed by atoms with E-state index >= 15 is 0 Å². The molecule has 4 aromatic carbocycles. The van der Waals surface area contributed by atoms with Crippen LogP contribution < -0.4 is 0 Å². The lowest BCUT2D eigenvalue weighted by molar-refractivity contribution is 0.696. The largest absolute Gasteiger partial charge is 0.252 e. The molecular formula is C45H39NS. The summed E-state index contributed by atoms with van der Waals surface area (Å²) in [6.07, 6.45) is 4.52. The highest BCUT2D eigenvalue weighted by atomic mass is 32.1. The van der Waals surface area contributed by atoms with Gasteiger partial charge >= 0.3 is 0 Å². The highest BCUT2D eigenvalue weighted by Gasteiger charge is 2.47. The summed E-state index contributed by atoms with van der Waals surface area (Å²) in [5.74, 6) is 0. The van der Waals surface area contributed by atoms with E-state index in [0.717, 1.165) is 29.8 Å². The SMILES string of the molecule is C=C(C)C1=CC2=C(CC1)c1cc3c(cc1C2(C)c1ccccc1)-c1ccc(C(=C)/N=C(\C)c2cccs2)cc1C3(C)c1ccccc1. The second-order valence-electron chi connectivity index (χ2n) is 13.6. The number of hydrogen-bond acceptors (Lipinski definition) is 2. The van der Waals surface area contributed by atoms with Crippen molar-refractivity contribution in [3.8, 4) is 11.1 Å². The summed E-state index contributed by atoms with van der Waals surface area (Å²) < 4.78 is 0. The molecule has 2 atom stereocenters. The summed E-state index contributed by atoms with van der Waals surface area (Å²) in [5.41, 5.74) is 18.5. The Labute approximate surface area is 283 Å². The summed E-state index contributed by atoms with van der Waals surface area (Å²) >= 11 is 1.71. The first kappa shape index (κ1) is 29.6. The highest BCUT2D eigenvalue weighted by molar-refractivity contribution is 7.12. The first-order chi connectivity index (χ1) is 22.7. The number of hydrogen-bond donors (Lipinski definition) is 0. The van der Waals surface area contributed by atoms with Crippen molar-refractivity contribution in [2.75, 3.05) is 0 Å². The van der Waals surface area contributed by atoms with Crippen LogP contribution in [0.4, 0.5) is 0 Å². The fourth-order valence-electron chi connectivity index (χ4n) is 8.32. The Morgan fingerprint density at radius 3 is 1.98 bits per heavy atom. The fraction of sp³-hybridized carbons (Fsp3) is 0.178. The van der Waals surface area contributed by atoms with Crippen molar-refractivity contribution in [1.82, 2.24) is 0 Å². The molecule has 1 nitrogen and oxygen atoms in total. The fourth-order valence-corrected chi connectivity index (χ4v) is 9.00. The third-order valence-corrected chi connectivity index (χ3v) is 12.0. The van der Waals surface area contributed by atoms with Crippen LogP contribution in [0.25, 0.3) is 22.4 Å². The summed E-state index contributed by atoms with van der Waals surface area (Å²) in [5, 5.41) is 2.09. The molecule has 8 rings (SSSR count). The maximum atomic E-state index is 4.97. The van der Waals surface area contributed by atoms with E-state index in [0.29, 0.717) is 0 Å². The van der Waals surface area contributed by atoms with Gasteiger partial charge in [0.1, 0.15) is 0 Å². The Morgan fingerprint density at radius 2 is 1.32 bits per heavy atom. The van der Waals surface area contributed by atoms with E-state index in [1.54, 1.807) is 11.3 Å². The van der Waals surface area contributed by atoms with Gasteiger partial charge in [-0.05, 0) is 137 Å². The van der Waals surface area contributed by atoms with Gasteiger partial charge in [-0.25, -0.2) is 0 Å². The van der Waals surface area contributed by atoms with E-state index in [1.807, 2.05) is 0 Å². The molecular weight excluding hydrogens is 587 g/mol. The van der Waals surface area contributed by atoms with Crippen molar-refractivity contribution in [2.24, 2.45) is 4.99 Å². The monoisotopic (exact) mass is 625 g/mol. The molecule has 3 aliphatic carbocycles. The molecule has 3 aliphatic rings. The molecule has 0 radical (unpaired) electrons. The van der Waals surface area contributed by atoms with Crippen LogP contribution in [0, 0.1) is 0 Å². The molecule has 1 heterocycles. The van der Waals surface area contributed by atoms with Crippen LogP contribution in [0.1, 0.15) is 84.4 Å². The maximum absolute atomic E-state index is 4.97. The standard InChI is InChI=1S/C45H39NS/c1-28(2)31-19-21-35-37-26-42-38(27-41(37)44(5,39(35)24-31)33-14-9-7-10-15-33)36-22-20-32(29(3)46-30(4)43-18-13-23-47-43)25-40(36)45(42,6)34-16-11-8-12-17-34/h7-18,20,22-27H,1,3,19,21H2,2,4-6H3/b46-30+. The Morgan fingerprint density at radius 1 is 0.681 bits per heavy atom. The van der Waals surface area contributed by atoms with Crippen LogP contribution in [0.5, 0.6) is 0 Å². The number of thiophene rings is 1. The number of rotatable bonds is 6. The highest BCUT2D eigenvalue weighted by Crippen LogP contribution is 2.60. The first-order valence-corrected chi connectivity index (χ1v) is 17.4. The summed E-state index contributed by atoms with van der Waals surface area (Å²) in [6, 6.07) is 38.2. The van der Waals surface area contributed by atoms with Crippen LogP contribution in [-0.4, -0.2) is 5.71 Å². The quantitative estimate of drug-likeness (QED) is 0.167. The molecule has 0 spiro atoms. The van der Waals surface area contributed by atoms with Crippen LogP contribution in [0.15, 0.2) is 149 Å². The van der Waals surface area contributed by atoms with Crippen molar-refractivity contribution in [3.63, 3.8) is 0 Å². The lowest BCUT2D eigenvalue weighted by atomic mass is 9.70. The molecule has 0 bridgehead atoms. The van der Waals surface area contributed by atoms with Gasteiger partial charge in [0.05, 0.1) is 11.4 Å². The zero-order chi connectivity index (χ0) is 32.5. The average Bonchev–Trinajstić information content (AvgIpc) is 3.80. The number of fused-ring (bicyclic) bond motifs is 5. The second kappa shape index (κ2) is 10.9. The smallest absolute Gasteiger partial charge is 0.0634 e. The van der Waals surface area contributed by atoms with Gasteiger partial charge in [-0.3, -0.25) is 4.99 Å². The molecule has 0 saturated carbocycles. The Hall–Kier alpha value is -4.79. The van der Waals surface area contributed by atoms with Crippen LogP contribution in [0.2, 0.25) is 0 Å². The summed E-state index contributed by atoms with van der Waals surface area (Å²) in [7, 11) is 0. The van der Waals surface area contributed by atoms with E-state index in [2.05, 4.69) is 155 Å². The average molecular weight is 626 g/mol. The lowest BCUT2D eigenvalue weighted by Gasteiger charge is -2.32. The van der Waals surface area contributed by atoms with E-state index in [4.69, 9.17) is 4.99 Å². The Balaban J connectivity index is 1.35. The van der Waals surface area contributed by atoms with Gasteiger partial charge in [0.25, 0.3) is 0 Å². The predicted molar refractivity (Wildman–Crippen MR) is 201 cm³/mol.